The zero-order chi connectivity index (χ0) is 9.54. The molecule has 2 heterocycles. The van der Waals surface area contributed by atoms with Crippen LogP contribution in [0.3, 0.4) is 0 Å². The Labute approximate surface area is 86.8 Å². The van der Waals surface area contributed by atoms with Crippen LogP contribution in [-0.4, -0.2) is 29.1 Å². The van der Waals surface area contributed by atoms with Crippen LogP contribution in [0.1, 0.15) is 51.4 Å². The van der Waals surface area contributed by atoms with Crippen LogP contribution in [0, 0.1) is 0 Å². The van der Waals surface area contributed by atoms with Gasteiger partial charge in [-0.2, -0.15) is 0 Å². The van der Waals surface area contributed by atoms with Crippen molar-refractivity contribution in [3.05, 3.63) is 0 Å². The van der Waals surface area contributed by atoms with Crippen molar-refractivity contribution in [1.82, 2.24) is 4.90 Å². The molecule has 2 nitrogen and oxygen atoms in total. The minimum absolute atomic E-state index is 0.494. The molecule has 2 atom stereocenters. The Hall–Kier alpha value is -0.0800. The lowest BCUT2D eigenvalue weighted by atomic mass is 9.90. The highest BCUT2D eigenvalue weighted by atomic mass is 15.3. The van der Waals surface area contributed by atoms with Crippen molar-refractivity contribution < 1.29 is 0 Å². The molecule has 1 saturated carbocycles. The van der Waals surface area contributed by atoms with E-state index in [1.807, 2.05) is 0 Å². The topological polar surface area (TPSA) is 29.3 Å². The highest BCUT2D eigenvalue weighted by Gasteiger charge is 2.43. The molecule has 1 aliphatic carbocycles. The second kappa shape index (κ2) is 3.49. The van der Waals surface area contributed by atoms with Crippen LogP contribution in [0.4, 0.5) is 0 Å². The molecule has 0 aromatic heterocycles. The predicted molar refractivity (Wildman–Crippen MR) is 58.1 cm³/mol. The molecule has 0 aromatic rings. The molecule has 0 spiro atoms. The third kappa shape index (κ3) is 1.40. The lowest BCUT2D eigenvalue weighted by Gasteiger charge is -2.37. The van der Waals surface area contributed by atoms with Crippen LogP contribution in [-0.2, 0) is 0 Å². The molecule has 2 heteroatoms. The summed E-state index contributed by atoms with van der Waals surface area (Å²) >= 11 is 0. The van der Waals surface area contributed by atoms with Gasteiger partial charge in [-0.05, 0) is 44.9 Å². The van der Waals surface area contributed by atoms with E-state index in [-0.39, 0.29) is 0 Å². The molecule has 80 valence electrons. The van der Waals surface area contributed by atoms with E-state index in [1.165, 1.54) is 51.4 Å². The summed E-state index contributed by atoms with van der Waals surface area (Å²) in [5.41, 5.74) is 6.08. The minimum atomic E-state index is 0.494. The average molecular weight is 194 g/mol. The van der Waals surface area contributed by atoms with Crippen LogP contribution in [0.25, 0.3) is 0 Å². The number of hydrogen-bond acceptors (Lipinski definition) is 2. The van der Waals surface area contributed by atoms with Gasteiger partial charge in [-0.3, -0.25) is 4.90 Å². The summed E-state index contributed by atoms with van der Waals surface area (Å²) in [5.74, 6) is 0. The van der Waals surface area contributed by atoms with Crippen LogP contribution in [0.2, 0.25) is 0 Å². The summed E-state index contributed by atoms with van der Waals surface area (Å²) in [4.78, 5) is 2.85. The SMILES string of the molecule is NC1CCCC(N2C3CCC2CC3)C1. The van der Waals surface area contributed by atoms with Crippen molar-refractivity contribution in [2.75, 3.05) is 0 Å². The number of nitrogens with two attached hydrogens (primary N) is 1. The van der Waals surface area contributed by atoms with Gasteiger partial charge in [0.2, 0.25) is 0 Å². The van der Waals surface area contributed by atoms with E-state index in [9.17, 15) is 0 Å². The van der Waals surface area contributed by atoms with Gasteiger partial charge >= 0.3 is 0 Å². The van der Waals surface area contributed by atoms with Gasteiger partial charge in [0.1, 0.15) is 0 Å². The Morgan fingerprint density at radius 3 is 2.00 bits per heavy atom. The Morgan fingerprint density at radius 1 is 0.786 bits per heavy atom. The zero-order valence-electron chi connectivity index (χ0n) is 8.99. The number of fused-ring (bicyclic) bond motifs is 2. The van der Waals surface area contributed by atoms with Gasteiger partial charge in [0.05, 0.1) is 0 Å². The van der Waals surface area contributed by atoms with Crippen molar-refractivity contribution in [3.63, 3.8) is 0 Å². The monoisotopic (exact) mass is 194 g/mol. The highest BCUT2D eigenvalue weighted by Crippen LogP contribution is 2.41. The average Bonchev–Trinajstić information content (AvgIpc) is 2.76. The molecule has 2 N–H and O–H groups in total. The molecule has 0 radical (unpaired) electrons. The largest absolute Gasteiger partial charge is 0.328 e. The molecular formula is C12H22N2. The first kappa shape index (κ1) is 9.17. The fraction of sp³-hybridized carbons (Fsp3) is 1.00. The van der Waals surface area contributed by atoms with Crippen LogP contribution < -0.4 is 5.73 Å². The van der Waals surface area contributed by atoms with Gasteiger partial charge in [0.15, 0.2) is 0 Å². The van der Waals surface area contributed by atoms with Crippen LogP contribution >= 0.6 is 0 Å². The summed E-state index contributed by atoms with van der Waals surface area (Å²) in [6.45, 7) is 0. The standard InChI is InChI=1S/C12H22N2/c13-9-2-1-3-12(8-9)14-10-4-5-11(14)7-6-10/h9-12H,1-8,13H2. The van der Waals surface area contributed by atoms with Crippen molar-refractivity contribution >= 4 is 0 Å². The van der Waals surface area contributed by atoms with Gasteiger partial charge in [-0.1, -0.05) is 6.42 Å². The van der Waals surface area contributed by atoms with E-state index in [0.717, 1.165) is 18.1 Å². The molecule has 2 aliphatic heterocycles. The van der Waals surface area contributed by atoms with Gasteiger partial charge in [0.25, 0.3) is 0 Å². The molecule has 2 unspecified atom stereocenters. The quantitative estimate of drug-likeness (QED) is 0.690. The molecule has 2 saturated heterocycles. The highest BCUT2D eigenvalue weighted by molar-refractivity contribution is 4.99. The van der Waals surface area contributed by atoms with Gasteiger partial charge < -0.3 is 5.73 Å². The third-order valence-corrected chi connectivity index (χ3v) is 4.62. The first-order chi connectivity index (χ1) is 6.84. The van der Waals surface area contributed by atoms with E-state index in [4.69, 9.17) is 5.73 Å². The second-order valence-electron chi connectivity index (χ2n) is 5.49. The maximum Gasteiger partial charge on any atom is 0.0116 e. The maximum absolute atomic E-state index is 6.08. The predicted octanol–water partition coefficient (Wildman–Crippen LogP) is 1.88. The molecule has 0 aromatic carbocycles. The number of nitrogens with zero attached hydrogens (tertiary/aromatic N) is 1. The Balaban J connectivity index is 1.69. The van der Waals surface area contributed by atoms with Gasteiger partial charge in [-0.25, -0.2) is 0 Å². The van der Waals surface area contributed by atoms with Crippen molar-refractivity contribution in [2.45, 2.75) is 75.5 Å². The van der Waals surface area contributed by atoms with E-state index in [1.54, 1.807) is 0 Å². The van der Waals surface area contributed by atoms with Crippen molar-refractivity contribution in [3.8, 4) is 0 Å². The van der Waals surface area contributed by atoms with E-state index < -0.39 is 0 Å². The molecule has 3 rings (SSSR count). The lowest BCUT2D eigenvalue weighted by molar-refractivity contribution is 0.130. The number of rotatable bonds is 1. The summed E-state index contributed by atoms with van der Waals surface area (Å²) in [7, 11) is 0. The number of hydrogen-bond donors (Lipinski definition) is 1. The van der Waals surface area contributed by atoms with Crippen molar-refractivity contribution in [2.24, 2.45) is 5.73 Å². The van der Waals surface area contributed by atoms with E-state index >= 15 is 0 Å². The first-order valence-electron chi connectivity index (χ1n) is 6.37. The fourth-order valence-electron chi connectivity index (χ4n) is 4.02. The lowest BCUT2D eigenvalue weighted by Crippen LogP contribution is -2.44. The Bertz CT molecular complexity index is 196. The molecule has 0 amide bonds. The second-order valence-corrected chi connectivity index (χ2v) is 5.49. The fourth-order valence-corrected chi connectivity index (χ4v) is 4.02. The van der Waals surface area contributed by atoms with Gasteiger partial charge in [-0.15, -0.1) is 0 Å². The van der Waals surface area contributed by atoms with Crippen molar-refractivity contribution in [1.29, 1.82) is 0 Å². The third-order valence-electron chi connectivity index (χ3n) is 4.62. The minimum Gasteiger partial charge on any atom is -0.328 e. The summed E-state index contributed by atoms with van der Waals surface area (Å²) in [6, 6.07) is 3.22. The summed E-state index contributed by atoms with van der Waals surface area (Å²) < 4.78 is 0. The van der Waals surface area contributed by atoms with Crippen LogP contribution in [0.15, 0.2) is 0 Å². The molecule has 3 fully saturated rings. The molecule has 2 bridgehead atoms. The Kier molecular flexibility index (Phi) is 2.29. The summed E-state index contributed by atoms with van der Waals surface area (Å²) in [5, 5.41) is 0. The Morgan fingerprint density at radius 2 is 1.43 bits per heavy atom. The maximum atomic E-state index is 6.08. The van der Waals surface area contributed by atoms with Crippen LogP contribution in [0.5, 0.6) is 0 Å². The van der Waals surface area contributed by atoms with E-state index in [0.29, 0.717) is 6.04 Å². The normalized spacial score (nSPS) is 48.6. The van der Waals surface area contributed by atoms with Gasteiger partial charge in [0, 0.05) is 24.2 Å². The van der Waals surface area contributed by atoms with E-state index in [2.05, 4.69) is 4.90 Å². The molecule has 3 aliphatic rings. The summed E-state index contributed by atoms with van der Waals surface area (Å²) in [6.07, 6.45) is 11.2. The molecular weight excluding hydrogens is 172 g/mol. The smallest absolute Gasteiger partial charge is 0.0116 e. The molecule has 14 heavy (non-hydrogen) atoms. The first-order valence-corrected chi connectivity index (χ1v) is 6.37. The zero-order valence-corrected chi connectivity index (χ0v) is 8.99.